The number of aryl methyl sites for hydroxylation is 1. The molecule has 0 aliphatic carbocycles. The molecule has 5 heteroatoms. The standard InChI is InChI=1S/C13H19N3O2/c1-10-4-5-14-8-12(10)16-13(17)9-15-7-11-3-2-6-18-11/h4-5,8,11,15H,2-3,6-7,9H2,1H3,(H,16,17)/t11-/m0/s1. The van der Waals surface area contributed by atoms with Gasteiger partial charge in [-0.1, -0.05) is 0 Å². The number of ether oxygens (including phenoxy) is 1. The maximum Gasteiger partial charge on any atom is 0.238 e. The number of carbonyl (C=O) groups is 1. The molecule has 2 N–H and O–H groups in total. The summed E-state index contributed by atoms with van der Waals surface area (Å²) in [5, 5.41) is 5.94. The van der Waals surface area contributed by atoms with Gasteiger partial charge in [0.2, 0.25) is 5.91 Å². The van der Waals surface area contributed by atoms with Gasteiger partial charge in [0.05, 0.1) is 24.5 Å². The molecule has 1 saturated heterocycles. The third kappa shape index (κ3) is 3.78. The quantitative estimate of drug-likeness (QED) is 0.820. The van der Waals surface area contributed by atoms with Crippen LogP contribution in [0.3, 0.4) is 0 Å². The first-order chi connectivity index (χ1) is 8.75. The van der Waals surface area contributed by atoms with Gasteiger partial charge in [-0.15, -0.1) is 0 Å². The van der Waals surface area contributed by atoms with Crippen molar-refractivity contribution in [2.45, 2.75) is 25.9 Å². The molecule has 0 aromatic carbocycles. The monoisotopic (exact) mass is 249 g/mol. The summed E-state index contributed by atoms with van der Waals surface area (Å²) in [6, 6.07) is 1.87. The van der Waals surface area contributed by atoms with Crippen LogP contribution in [0.15, 0.2) is 18.5 Å². The average molecular weight is 249 g/mol. The van der Waals surface area contributed by atoms with Crippen molar-refractivity contribution in [2.24, 2.45) is 0 Å². The van der Waals surface area contributed by atoms with E-state index in [9.17, 15) is 4.79 Å². The number of hydrogen-bond acceptors (Lipinski definition) is 4. The fourth-order valence-corrected chi connectivity index (χ4v) is 1.94. The molecule has 0 unspecified atom stereocenters. The van der Waals surface area contributed by atoms with Gasteiger partial charge >= 0.3 is 0 Å². The molecule has 18 heavy (non-hydrogen) atoms. The third-order valence-electron chi connectivity index (χ3n) is 2.99. The van der Waals surface area contributed by atoms with E-state index in [0.29, 0.717) is 6.54 Å². The zero-order chi connectivity index (χ0) is 12.8. The van der Waals surface area contributed by atoms with Gasteiger partial charge in [-0.25, -0.2) is 0 Å². The van der Waals surface area contributed by atoms with Crippen molar-refractivity contribution in [2.75, 3.05) is 25.0 Å². The molecule has 98 valence electrons. The minimum absolute atomic E-state index is 0.0518. The normalized spacial score (nSPS) is 18.8. The van der Waals surface area contributed by atoms with Crippen LogP contribution in [0.2, 0.25) is 0 Å². The second kappa shape index (κ2) is 6.47. The van der Waals surface area contributed by atoms with Gasteiger partial charge in [0, 0.05) is 19.3 Å². The van der Waals surface area contributed by atoms with Crippen LogP contribution >= 0.6 is 0 Å². The van der Waals surface area contributed by atoms with Crippen molar-refractivity contribution >= 4 is 11.6 Å². The van der Waals surface area contributed by atoms with Crippen LogP contribution in [0.25, 0.3) is 0 Å². The SMILES string of the molecule is Cc1ccncc1NC(=O)CNC[C@@H]1CCCO1. The molecule has 0 radical (unpaired) electrons. The average Bonchev–Trinajstić information content (AvgIpc) is 2.85. The van der Waals surface area contributed by atoms with E-state index in [4.69, 9.17) is 4.74 Å². The number of aromatic nitrogens is 1. The van der Waals surface area contributed by atoms with Gasteiger partial charge in [-0.3, -0.25) is 9.78 Å². The first kappa shape index (κ1) is 13.0. The van der Waals surface area contributed by atoms with Crippen molar-refractivity contribution in [1.29, 1.82) is 0 Å². The molecule has 1 aliphatic rings. The Bertz CT molecular complexity index is 403. The lowest BCUT2D eigenvalue weighted by Gasteiger charge is -2.11. The van der Waals surface area contributed by atoms with Crippen molar-refractivity contribution < 1.29 is 9.53 Å². The van der Waals surface area contributed by atoms with Crippen molar-refractivity contribution in [3.63, 3.8) is 0 Å². The maximum absolute atomic E-state index is 11.7. The van der Waals surface area contributed by atoms with Gasteiger partial charge < -0.3 is 15.4 Å². The Labute approximate surface area is 107 Å². The van der Waals surface area contributed by atoms with E-state index >= 15 is 0 Å². The highest BCUT2D eigenvalue weighted by Gasteiger charge is 2.15. The Balaban J connectivity index is 1.70. The number of amides is 1. The summed E-state index contributed by atoms with van der Waals surface area (Å²) in [7, 11) is 0. The molecular weight excluding hydrogens is 230 g/mol. The van der Waals surface area contributed by atoms with E-state index in [2.05, 4.69) is 15.6 Å². The number of hydrogen-bond donors (Lipinski definition) is 2. The highest BCUT2D eigenvalue weighted by molar-refractivity contribution is 5.92. The van der Waals surface area contributed by atoms with E-state index in [1.807, 2.05) is 13.0 Å². The molecule has 1 amide bonds. The number of nitrogens with zero attached hydrogens (tertiary/aromatic N) is 1. The highest BCUT2D eigenvalue weighted by atomic mass is 16.5. The van der Waals surface area contributed by atoms with Gasteiger partial charge in [0.15, 0.2) is 0 Å². The van der Waals surface area contributed by atoms with Crippen LogP contribution in [0, 0.1) is 6.92 Å². The molecule has 0 saturated carbocycles. The van der Waals surface area contributed by atoms with E-state index in [1.165, 1.54) is 0 Å². The van der Waals surface area contributed by atoms with E-state index in [0.717, 1.165) is 37.2 Å². The molecule has 1 aliphatic heterocycles. The van der Waals surface area contributed by atoms with Gasteiger partial charge in [0.1, 0.15) is 0 Å². The molecule has 2 heterocycles. The minimum Gasteiger partial charge on any atom is -0.377 e. The second-order valence-corrected chi connectivity index (χ2v) is 4.50. The summed E-state index contributed by atoms with van der Waals surface area (Å²) < 4.78 is 5.47. The Morgan fingerprint density at radius 1 is 1.61 bits per heavy atom. The van der Waals surface area contributed by atoms with Crippen LogP contribution in [-0.2, 0) is 9.53 Å². The zero-order valence-corrected chi connectivity index (χ0v) is 10.6. The first-order valence-corrected chi connectivity index (χ1v) is 6.28. The van der Waals surface area contributed by atoms with Crippen molar-refractivity contribution in [3.05, 3.63) is 24.0 Å². The van der Waals surface area contributed by atoms with Crippen molar-refractivity contribution in [1.82, 2.24) is 10.3 Å². The molecule has 0 bridgehead atoms. The molecule has 5 nitrogen and oxygen atoms in total. The number of nitrogens with one attached hydrogen (secondary N) is 2. The first-order valence-electron chi connectivity index (χ1n) is 6.28. The second-order valence-electron chi connectivity index (χ2n) is 4.50. The molecule has 1 atom stereocenters. The molecule has 0 spiro atoms. The predicted octanol–water partition coefficient (Wildman–Crippen LogP) is 1.10. The summed E-state index contributed by atoms with van der Waals surface area (Å²) in [6.07, 6.45) is 5.83. The summed E-state index contributed by atoms with van der Waals surface area (Å²) >= 11 is 0. The molecular formula is C13H19N3O2. The Kier molecular flexibility index (Phi) is 4.66. The van der Waals surface area contributed by atoms with E-state index in [1.54, 1.807) is 12.4 Å². The lowest BCUT2D eigenvalue weighted by molar-refractivity contribution is -0.115. The predicted molar refractivity (Wildman–Crippen MR) is 69.4 cm³/mol. The largest absolute Gasteiger partial charge is 0.377 e. The highest BCUT2D eigenvalue weighted by Crippen LogP contribution is 2.11. The van der Waals surface area contributed by atoms with Crippen LogP contribution in [0.5, 0.6) is 0 Å². The summed E-state index contributed by atoms with van der Waals surface area (Å²) in [6.45, 7) is 3.82. The van der Waals surface area contributed by atoms with Gasteiger partial charge in [-0.2, -0.15) is 0 Å². The summed E-state index contributed by atoms with van der Waals surface area (Å²) in [4.78, 5) is 15.7. The fourth-order valence-electron chi connectivity index (χ4n) is 1.94. The number of rotatable bonds is 5. The number of pyridine rings is 1. The van der Waals surface area contributed by atoms with Crippen LogP contribution < -0.4 is 10.6 Å². The molecule has 2 rings (SSSR count). The number of carbonyl (C=O) groups excluding carboxylic acids is 1. The Morgan fingerprint density at radius 2 is 2.50 bits per heavy atom. The third-order valence-corrected chi connectivity index (χ3v) is 2.99. The van der Waals surface area contributed by atoms with E-state index < -0.39 is 0 Å². The van der Waals surface area contributed by atoms with Gasteiger partial charge in [0.25, 0.3) is 0 Å². The number of anilines is 1. The summed E-state index contributed by atoms with van der Waals surface area (Å²) in [5.74, 6) is -0.0518. The molecule has 1 aromatic rings. The minimum atomic E-state index is -0.0518. The van der Waals surface area contributed by atoms with Crippen LogP contribution in [-0.4, -0.2) is 36.7 Å². The Hall–Kier alpha value is -1.46. The molecule has 1 fully saturated rings. The lowest BCUT2D eigenvalue weighted by Crippen LogP contribution is -2.33. The van der Waals surface area contributed by atoms with Gasteiger partial charge in [-0.05, 0) is 31.4 Å². The fraction of sp³-hybridized carbons (Fsp3) is 0.538. The topological polar surface area (TPSA) is 63.2 Å². The zero-order valence-electron chi connectivity index (χ0n) is 10.6. The van der Waals surface area contributed by atoms with Crippen LogP contribution in [0.1, 0.15) is 18.4 Å². The van der Waals surface area contributed by atoms with E-state index in [-0.39, 0.29) is 12.0 Å². The van der Waals surface area contributed by atoms with Crippen molar-refractivity contribution in [3.8, 4) is 0 Å². The lowest BCUT2D eigenvalue weighted by atomic mass is 10.2. The molecule has 1 aromatic heterocycles. The maximum atomic E-state index is 11.7. The summed E-state index contributed by atoms with van der Waals surface area (Å²) in [5.41, 5.74) is 1.78. The smallest absolute Gasteiger partial charge is 0.238 e. The van der Waals surface area contributed by atoms with Crippen LogP contribution in [0.4, 0.5) is 5.69 Å². The Morgan fingerprint density at radius 3 is 3.22 bits per heavy atom.